The fourth-order valence-electron chi connectivity index (χ4n) is 1.23. The topological polar surface area (TPSA) is 89.7 Å². The van der Waals surface area contributed by atoms with E-state index in [-0.39, 0.29) is 12.4 Å². The van der Waals surface area contributed by atoms with Crippen LogP contribution in [0.25, 0.3) is 0 Å². The van der Waals surface area contributed by atoms with Gasteiger partial charge in [0.05, 0.1) is 11.5 Å². The SMILES string of the molecule is C#CCCOc1cccc([N+](=O)[O-])c1C(=O)O. The number of hydrogen-bond acceptors (Lipinski definition) is 4. The van der Waals surface area contributed by atoms with E-state index in [1.54, 1.807) is 0 Å². The molecular weight excluding hydrogens is 226 g/mol. The molecule has 0 heterocycles. The second-order valence-corrected chi connectivity index (χ2v) is 3.02. The number of nitro groups is 1. The molecule has 0 bridgehead atoms. The summed E-state index contributed by atoms with van der Waals surface area (Å²) >= 11 is 0. The first-order valence-corrected chi connectivity index (χ1v) is 4.65. The van der Waals surface area contributed by atoms with Gasteiger partial charge in [0.2, 0.25) is 0 Å². The van der Waals surface area contributed by atoms with Gasteiger partial charge in [-0.15, -0.1) is 12.3 Å². The van der Waals surface area contributed by atoms with Gasteiger partial charge >= 0.3 is 5.97 Å². The minimum absolute atomic E-state index is 0.0537. The van der Waals surface area contributed by atoms with Crippen LogP contribution in [0.1, 0.15) is 16.8 Å². The largest absolute Gasteiger partial charge is 0.491 e. The fourth-order valence-corrected chi connectivity index (χ4v) is 1.23. The van der Waals surface area contributed by atoms with Gasteiger partial charge in [0.1, 0.15) is 5.75 Å². The molecule has 1 N–H and O–H groups in total. The van der Waals surface area contributed by atoms with E-state index < -0.39 is 22.1 Å². The van der Waals surface area contributed by atoms with Gasteiger partial charge in [-0.1, -0.05) is 6.07 Å². The third-order valence-corrected chi connectivity index (χ3v) is 1.92. The molecule has 88 valence electrons. The third-order valence-electron chi connectivity index (χ3n) is 1.92. The van der Waals surface area contributed by atoms with E-state index in [2.05, 4.69) is 5.92 Å². The standard InChI is InChI=1S/C11H9NO5/c1-2-3-7-17-9-6-4-5-8(12(15)16)10(9)11(13)14/h1,4-6H,3,7H2,(H,13,14). The second kappa shape index (κ2) is 5.51. The van der Waals surface area contributed by atoms with Gasteiger partial charge in [-0.3, -0.25) is 10.1 Å². The molecule has 0 fully saturated rings. The summed E-state index contributed by atoms with van der Waals surface area (Å²) < 4.78 is 5.10. The fraction of sp³-hybridized carbons (Fsp3) is 0.182. The lowest BCUT2D eigenvalue weighted by Crippen LogP contribution is -2.07. The first kappa shape index (κ1) is 12.5. The molecule has 6 nitrogen and oxygen atoms in total. The van der Waals surface area contributed by atoms with Crippen LogP contribution in [-0.4, -0.2) is 22.6 Å². The van der Waals surface area contributed by atoms with Gasteiger partial charge in [0, 0.05) is 12.5 Å². The minimum Gasteiger partial charge on any atom is -0.491 e. The summed E-state index contributed by atoms with van der Waals surface area (Å²) in [5.41, 5.74) is -0.967. The molecule has 0 saturated heterocycles. The quantitative estimate of drug-likeness (QED) is 0.363. The molecule has 0 spiro atoms. The Hall–Kier alpha value is -2.55. The number of hydrogen-bond donors (Lipinski definition) is 1. The highest BCUT2D eigenvalue weighted by Gasteiger charge is 2.24. The van der Waals surface area contributed by atoms with Crippen molar-refractivity contribution in [3.63, 3.8) is 0 Å². The number of carboxylic acids is 1. The smallest absolute Gasteiger partial charge is 0.346 e. The monoisotopic (exact) mass is 235 g/mol. The van der Waals surface area contributed by atoms with Crippen molar-refractivity contribution >= 4 is 11.7 Å². The Kier molecular flexibility index (Phi) is 4.06. The predicted molar refractivity (Wildman–Crippen MR) is 59.0 cm³/mol. The van der Waals surface area contributed by atoms with Crippen molar-refractivity contribution in [3.8, 4) is 18.1 Å². The molecule has 0 atom stereocenters. The van der Waals surface area contributed by atoms with Gasteiger partial charge < -0.3 is 9.84 Å². The molecular formula is C11H9NO5. The van der Waals surface area contributed by atoms with Crippen LogP contribution in [0, 0.1) is 22.5 Å². The van der Waals surface area contributed by atoms with Crippen LogP contribution < -0.4 is 4.74 Å². The highest BCUT2D eigenvalue weighted by atomic mass is 16.6. The van der Waals surface area contributed by atoms with Crippen LogP contribution in [0.15, 0.2) is 18.2 Å². The van der Waals surface area contributed by atoms with Gasteiger partial charge in [0.15, 0.2) is 5.56 Å². The summed E-state index contributed by atoms with van der Waals surface area (Å²) in [4.78, 5) is 20.9. The zero-order valence-electron chi connectivity index (χ0n) is 8.75. The molecule has 0 saturated carbocycles. The van der Waals surface area contributed by atoms with Crippen LogP contribution in [0.5, 0.6) is 5.75 Å². The van der Waals surface area contributed by atoms with Gasteiger partial charge in [0.25, 0.3) is 5.69 Å². The van der Waals surface area contributed by atoms with Crippen LogP contribution in [0.2, 0.25) is 0 Å². The molecule has 0 aromatic heterocycles. The van der Waals surface area contributed by atoms with E-state index in [1.807, 2.05) is 0 Å². The van der Waals surface area contributed by atoms with Crippen molar-refractivity contribution in [3.05, 3.63) is 33.9 Å². The average molecular weight is 235 g/mol. The van der Waals surface area contributed by atoms with Crippen molar-refractivity contribution in [2.75, 3.05) is 6.61 Å². The maximum atomic E-state index is 11.0. The molecule has 0 aliphatic carbocycles. The van der Waals surface area contributed by atoms with Gasteiger partial charge in [-0.2, -0.15) is 0 Å². The number of nitro benzene ring substituents is 1. The maximum Gasteiger partial charge on any atom is 0.346 e. The van der Waals surface area contributed by atoms with E-state index in [9.17, 15) is 14.9 Å². The summed E-state index contributed by atoms with van der Waals surface area (Å²) in [6.07, 6.45) is 5.31. The van der Waals surface area contributed by atoms with E-state index in [0.717, 1.165) is 6.07 Å². The molecule has 17 heavy (non-hydrogen) atoms. The lowest BCUT2D eigenvalue weighted by molar-refractivity contribution is -0.385. The van der Waals surface area contributed by atoms with Crippen molar-refractivity contribution < 1.29 is 19.6 Å². The zero-order valence-corrected chi connectivity index (χ0v) is 8.75. The Morgan fingerprint density at radius 1 is 1.59 bits per heavy atom. The Balaban J connectivity index is 3.12. The van der Waals surface area contributed by atoms with E-state index in [1.165, 1.54) is 12.1 Å². The average Bonchev–Trinajstić information content (AvgIpc) is 2.28. The number of carbonyl (C=O) groups is 1. The van der Waals surface area contributed by atoms with Gasteiger partial charge in [-0.05, 0) is 6.07 Å². The predicted octanol–water partition coefficient (Wildman–Crippen LogP) is 1.70. The minimum atomic E-state index is -1.41. The van der Waals surface area contributed by atoms with E-state index in [4.69, 9.17) is 16.3 Å². The normalized spacial score (nSPS) is 9.35. The first-order chi connectivity index (χ1) is 8.07. The summed E-state index contributed by atoms with van der Waals surface area (Å²) in [5, 5.41) is 19.6. The molecule has 0 aliphatic heterocycles. The third kappa shape index (κ3) is 2.95. The van der Waals surface area contributed by atoms with Gasteiger partial charge in [-0.25, -0.2) is 4.79 Å². The van der Waals surface area contributed by atoms with Crippen LogP contribution in [0.3, 0.4) is 0 Å². The van der Waals surface area contributed by atoms with Crippen LogP contribution >= 0.6 is 0 Å². The summed E-state index contributed by atoms with van der Waals surface area (Å²) in [6.45, 7) is 0.109. The number of ether oxygens (including phenoxy) is 1. The highest BCUT2D eigenvalue weighted by Crippen LogP contribution is 2.28. The van der Waals surface area contributed by atoms with E-state index >= 15 is 0 Å². The highest BCUT2D eigenvalue weighted by molar-refractivity contribution is 5.95. The molecule has 0 unspecified atom stereocenters. The maximum absolute atomic E-state index is 11.0. The van der Waals surface area contributed by atoms with Crippen LogP contribution in [0.4, 0.5) is 5.69 Å². The number of rotatable bonds is 5. The molecule has 0 radical (unpaired) electrons. The lowest BCUT2D eigenvalue weighted by atomic mass is 10.1. The van der Waals surface area contributed by atoms with Crippen molar-refractivity contribution in [1.29, 1.82) is 0 Å². The Bertz CT molecular complexity index is 489. The van der Waals surface area contributed by atoms with Crippen molar-refractivity contribution in [2.24, 2.45) is 0 Å². The molecule has 1 aromatic carbocycles. The zero-order chi connectivity index (χ0) is 12.8. The Morgan fingerprint density at radius 3 is 2.82 bits per heavy atom. The number of aromatic carboxylic acids is 1. The Labute approximate surface area is 97.0 Å². The molecule has 0 aliphatic rings. The number of benzene rings is 1. The first-order valence-electron chi connectivity index (χ1n) is 4.65. The summed E-state index contributed by atoms with van der Waals surface area (Å²) in [7, 11) is 0. The molecule has 1 rings (SSSR count). The number of carboxylic acid groups (broad SMARTS) is 1. The number of terminal acetylenes is 1. The summed E-state index contributed by atoms with van der Waals surface area (Å²) in [5.74, 6) is 0.855. The van der Waals surface area contributed by atoms with Crippen molar-refractivity contribution in [2.45, 2.75) is 6.42 Å². The molecule has 0 amide bonds. The van der Waals surface area contributed by atoms with Crippen LogP contribution in [-0.2, 0) is 0 Å². The van der Waals surface area contributed by atoms with E-state index in [0.29, 0.717) is 6.42 Å². The van der Waals surface area contributed by atoms with Crippen molar-refractivity contribution in [1.82, 2.24) is 0 Å². The lowest BCUT2D eigenvalue weighted by Gasteiger charge is -2.07. The second-order valence-electron chi connectivity index (χ2n) is 3.02. The Morgan fingerprint density at radius 2 is 2.29 bits per heavy atom. The summed E-state index contributed by atoms with van der Waals surface area (Å²) in [6, 6.07) is 3.82. The molecule has 6 heteroatoms. The molecule has 1 aromatic rings. The number of nitrogens with zero attached hydrogens (tertiary/aromatic N) is 1.